The molecule has 3 aromatic rings. The number of para-hydroxylation sites is 1. The molecule has 0 unspecified atom stereocenters. The van der Waals surface area contributed by atoms with Gasteiger partial charge >= 0.3 is 0 Å². The molecule has 0 saturated heterocycles. The Bertz CT molecular complexity index is 988. The largest absolute Gasteiger partial charge is 0.497 e. The Labute approximate surface area is 179 Å². The Hall–Kier alpha value is -3.78. The summed E-state index contributed by atoms with van der Waals surface area (Å²) in [7, 11) is 3.04. The van der Waals surface area contributed by atoms with Gasteiger partial charge in [0, 0.05) is 17.3 Å². The zero-order valence-electron chi connectivity index (χ0n) is 16.5. The number of carbonyl (C=O) groups excluding carboxylic acids is 1. The van der Waals surface area contributed by atoms with Crippen molar-refractivity contribution in [3.8, 4) is 23.0 Å². The van der Waals surface area contributed by atoms with Crippen LogP contribution in [0.4, 0.5) is 5.69 Å². The fourth-order valence-electron chi connectivity index (χ4n) is 2.52. The predicted molar refractivity (Wildman–Crippen MR) is 119 cm³/mol. The van der Waals surface area contributed by atoms with Crippen molar-refractivity contribution in [3.63, 3.8) is 0 Å². The van der Waals surface area contributed by atoms with Crippen molar-refractivity contribution in [2.45, 2.75) is 0 Å². The van der Waals surface area contributed by atoms with Crippen LogP contribution in [0.2, 0.25) is 0 Å². The third-order valence-electron chi connectivity index (χ3n) is 3.99. The Morgan fingerprint density at radius 2 is 1.37 bits per heavy atom. The highest BCUT2D eigenvalue weighted by atomic mass is 32.1. The molecule has 30 heavy (non-hydrogen) atoms. The minimum atomic E-state index is -0.386. The van der Waals surface area contributed by atoms with E-state index >= 15 is 0 Å². The molecule has 1 amide bonds. The molecular weight excluding hydrogens is 402 g/mol. The second-order valence-electron chi connectivity index (χ2n) is 6.07. The molecule has 0 heterocycles. The molecule has 3 aromatic carbocycles. The first-order valence-electron chi connectivity index (χ1n) is 9.01. The maximum Gasteiger partial charge on any atom is 0.269 e. The average molecular weight is 423 g/mol. The quantitative estimate of drug-likeness (QED) is 0.406. The van der Waals surface area contributed by atoms with Crippen molar-refractivity contribution in [3.05, 3.63) is 78.4 Å². The third-order valence-corrected chi connectivity index (χ3v) is 4.20. The van der Waals surface area contributed by atoms with Crippen molar-refractivity contribution in [1.29, 1.82) is 0 Å². The maximum absolute atomic E-state index is 12.4. The van der Waals surface area contributed by atoms with Crippen LogP contribution in [0.15, 0.2) is 72.8 Å². The SMILES string of the molecule is COc1cc(OC)cc(C(=O)NNC(=S)Nc2ccc(Oc3ccccc3)cc2)c1. The Kier molecular flexibility index (Phi) is 7.07. The summed E-state index contributed by atoms with van der Waals surface area (Å²) < 4.78 is 16.1. The molecule has 0 spiro atoms. The molecule has 0 atom stereocenters. The van der Waals surface area contributed by atoms with Gasteiger partial charge in [0.1, 0.15) is 23.0 Å². The van der Waals surface area contributed by atoms with Crippen LogP contribution in [0.3, 0.4) is 0 Å². The first-order valence-corrected chi connectivity index (χ1v) is 9.41. The van der Waals surface area contributed by atoms with E-state index < -0.39 is 0 Å². The zero-order chi connectivity index (χ0) is 21.3. The van der Waals surface area contributed by atoms with Crippen molar-refractivity contribution >= 4 is 28.9 Å². The zero-order valence-corrected chi connectivity index (χ0v) is 17.3. The molecule has 3 rings (SSSR count). The van der Waals surface area contributed by atoms with Crippen molar-refractivity contribution in [2.75, 3.05) is 19.5 Å². The summed E-state index contributed by atoms with van der Waals surface area (Å²) >= 11 is 5.22. The third kappa shape index (κ3) is 5.86. The number of hydrogen-bond donors (Lipinski definition) is 3. The highest BCUT2D eigenvalue weighted by molar-refractivity contribution is 7.80. The second kappa shape index (κ2) is 10.1. The number of rotatable bonds is 6. The lowest BCUT2D eigenvalue weighted by Crippen LogP contribution is -2.43. The molecule has 7 nitrogen and oxygen atoms in total. The van der Waals surface area contributed by atoms with Crippen molar-refractivity contribution in [1.82, 2.24) is 10.9 Å². The lowest BCUT2D eigenvalue weighted by Gasteiger charge is -2.13. The van der Waals surface area contributed by atoms with E-state index in [0.717, 1.165) is 11.4 Å². The van der Waals surface area contributed by atoms with Gasteiger partial charge < -0.3 is 19.5 Å². The van der Waals surface area contributed by atoms with E-state index in [1.54, 1.807) is 18.2 Å². The van der Waals surface area contributed by atoms with Crippen LogP contribution in [-0.2, 0) is 0 Å². The summed E-state index contributed by atoms with van der Waals surface area (Å²) in [5.41, 5.74) is 6.31. The molecule has 8 heteroatoms. The standard InChI is InChI=1S/C22H21N3O4S/c1-27-19-12-15(13-20(14-19)28-2)21(26)24-25-22(30)23-16-8-10-18(11-9-16)29-17-6-4-3-5-7-17/h3-14H,1-2H3,(H,24,26)(H2,23,25,30). The van der Waals surface area contributed by atoms with Gasteiger partial charge in [0.15, 0.2) is 5.11 Å². The van der Waals surface area contributed by atoms with Crippen molar-refractivity contribution in [2.24, 2.45) is 0 Å². The van der Waals surface area contributed by atoms with Crippen LogP contribution < -0.4 is 30.4 Å². The number of hydrazine groups is 1. The number of hydrogen-bond acceptors (Lipinski definition) is 5. The summed E-state index contributed by atoms with van der Waals surface area (Å²) in [6, 6.07) is 21.7. The van der Waals surface area contributed by atoms with Gasteiger partial charge in [-0.2, -0.15) is 0 Å². The van der Waals surface area contributed by atoms with Gasteiger partial charge in [-0.25, -0.2) is 0 Å². The fourth-order valence-corrected chi connectivity index (χ4v) is 2.69. The predicted octanol–water partition coefficient (Wildman–Crippen LogP) is 4.13. The summed E-state index contributed by atoms with van der Waals surface area (Å²) in [5, 5.41) is 3.22. The highest BCUT2D eigenvalue weighted by Gasteiger charge is 2.10. The minimum Gasteiger partial charge on any atom is -0.497 e. The Balaban J connectivity index is 1.52. The van der Waals surface area contributed by atoms with E-state index in [0.29, 0.717) is 22.8 Å². The molecule has 0 saturated carbocycles. The molecule has 0 bridgehead atoms. The Morgan fingerprint density at radius 3 is 1.97 bits per heavy atom. The Morgan fingerprint density at radius 1 is 0.767 bits per heavy atom. The van der Waals surface area contributed by atoms with Crippen LogP contribution in [0, 0.1) is 0 Å². The summed E-state index contributed by atoms with van der Waals surface area (Å²) in [6.07, 6.45) is 0. The monoisotopic (exact) mass is 423 g/mol. The lowest BCUT2D eigenvalue weighted by atomic mass is 10.2. The number of benzene rings is 3. The second-order valence-corrected chi connectivity index (χ2v) is 6.48. The minimum absolute atomic E-state index is 0.231. The van der Waals surface area contributed by atoms with Gasteiger partial charge in [-0.15, -0.1) is 0 Å². The first kappa shape index (κ1) is 20.9. The summed E-state index contributed by atoms with van der Waals surface area (Å²) in [4.78, 5) is 12.4. The van der Waals surface area contributed by atoms with Crippen molar-refractivity contribution < 1.29 is 19.0 Å². The number of thiocarbonyl (C=S) groups is 1. The fraction of sp³-hybridized carbons (Fsp3) is 0.0909. The molecular formula is C22H21N3O4S. The number of carbonyl (C=O) groups is 1. The average Bonchev–Trinajstić information content (AvgIpc) is 2.79. The van der Waals surface area contributed by atoms with Gasteiger partial charge in [0.25, 0.3) is 5.91 Å². The molecule has 0 aliphatic rings. The first-order chi connectivity index (χ1) is 14.6. The van der Waals surface area contributed by atoms with Gasteiger partial charge in [-0.3, -0.25) is 15.6 Å². The molecule has 0 radical (unpaired) electrons. The van der Waals surface area contributed by atoms with E-state index in [9.17, 15) is 4.79 Å². The molecule has 154 valence electrons. The number of amides is 1. The molecule has 0 aromatic heterocycles. The van der Waals surface area contributed by atoms with Crippen LogP contribution >= 0.6 is 12.2 Å². The number of methoxy groups -OCH3 is 2. The van der Waals surface area contributed by atoms with Gasteiger partial charge in [-0.05, 0) is 60.7 Å². The van der Waals surface area contributed by atoms with Gasteiger partial charge in [0.2, 0.25) is 0 Å². The smallest absolute Gasteiger partial charge is 0.269 e. The maximum atomic E-state index is 12.4. The van der Waals surface area contributed by atoms with E-state index in [4.69, 9.17) is 26.4 Å². The lowest BCUT2D eigenvalue weighted by molar-refractivity contribution is 0.0943. The van der Waals surface area contributed by atoms with Gasteiger partial charge in [-0.1, -0.05) is 18.2 Å². The van der Waals surface area contributed by atoms with Crippen LogP contribution in [0.5, 0.6) is 23.0 Å². The molecule has 0 aliphatic heterocycles. The topological polar surface area (TPSA) is 80.9 Å². The van der Waals surface area contributed by atoms with Crippen LogP contribution in [0.1, 0.15) is 10.4 Å². The molecule has 0 fully saturated rings. The summed E-state index contributed by atoms with van der Waals surface area (Å²) in [5.74, 6) is 2.09. The van der Waals surface area contributed by atoms with E-state index in [2.05, 4.69) is 16.2 Å². The highest BCUT2D eigenvalue weighted by Crippen LogP contribution is 2.23. The number of nitrogens with one attached hydrogen (secondary N) is 3. The van der Waals surface area contributed by atoms with Gasteiger partial charge in [0.05, 0.1) is 14.2 Å². The molecule has 3 N–H and O–H groups in total. The van der Waals surface area contributed by atoms with Crippen LogP contribution in [0.25, 0.3) is 0 Å². The normalized spacial score (nSPS) is 9.93. The molecule has 0 aliphatic carbocycles. The van der Waals surface area contributed by atoms with E-state index in [1.165, 1.54) is 14.2 Å². The summed E-state index contributed by atoms with van der Waals surface area (Å²) in [6.45, 7) is 0. The van der Waals surface area contributed by atoms with Crippen LogP contribution in [-0.4, -0.2) is 25.2 Å². The number of ether oxygens (including phenoxy) is 3. The van der Waals surface area contributed by atoms with E-state index in [-0.39, 0.29) is 11.0 Å². The van der Waals surface area contributed by atoms with E-state index in [1.807, 2.05) is 54.6 Å². The number of anilines is 1.